The Morgan fingerprint density at radius 3 is 2.10 bits per heavy atom. The quantitative estimate of drug-likeness (QED) is 0.834. The molecule has 1 aromatic rings. The van der Waals surface area contributed by atoms with E-state index in [1.807, 2.05) is 19.1 Å². The number of hydrogen-bond acceptors (Lipinski definition) is 2. The predicted molar refractivity (Wildman–Crippen MR) is 80.2 cm³/mol. The van der Waals surface area contributed by atoms with Gasteiger partial charge in [0, 0.05) is 0 Å². The number of carbonyl (C=O) groups excluding carboxylic acids is 2. The van der Waals surface area contributed by atoms with Gasteiger partial charge < -0.3 is 11.1 Å². The molecule has 110 valence electrons. The zero-order chi connectivity index (χ0) is 15.3. The Kier molecular flexibility index (Phi) is 5.74. The maximum Gasteiger partial charge on any atom is 0.239 e. The molecule has 0 aliphatic rings. The average Bonchev–Trinajstić information content (AvgIpc) is 2.37. The van der Waals surface area contributed by atoms with Crippen molar-refractivity contribution in [2.24, 2.45) is 11.7 Å². The molecule has 4 nitrogen and oxygen atoms in total. The SMILES string of the molecule is CC(C)Cc1ccc([C@H](C)C(=O)N[C@@H](C)C(N)=O)cc1. The van der Waals surface area contributed by atoms with Gasteiger partial charge in [-0.3, -0.25) is 9.59 Å². The summed E-state index contributed by atoms with van der Waals surface area (Å²) in [4.78, 5) is 23.0. The zero-order valence-electron chi connectivity index (χ0n) is 12.6. The highest BCUT2D eigenvalue weighted by molar-refractivity contribution is 5.89. The van der Waals surface area contributed by atoms with Gasteiger partial charge >= 0.3 is 0 Å². The number of rotatable bonds is 6. The van der Waals surface area contributed by atoms with E-state index >= 15 is 0 Å². The molecule has 0 fully saturated rings. The fourth-order valence-corrected chi connectivity index (χ4v) is 1.97. The predicted octanol–water partition coefficient (Wildman–Crippen LogP) is 1.98. The summed E-state index contributed by atoms with van der Waals surface area (Å²) in [5.74, 6) is -0.409. The van der Waals surface area contributed by atoms with Gasteiger partial charge in [-0.05, 0) is 37.3 Å². The van der Waals surface area contributed by atoms with Crippen molar-refractivity contribution in [1.29, 1.82) is 0 Å². The van der Waals surface area contributed by atoms with Gasteiger partial charge in [0.15, 0.2) is 0 Å². The highest BCUT2D eigenvalue weighted by atomic mass is 16.2. The topological polar surface area (TPSA) is 72.2 Å². The first-order chi connectivity index (χ1) is 9.31. The summed E-state index contributed by atoms with van der Waals surface area (Å²) in [5, 5.41) is 2.61. The van der Waals surface area contributed by atoms with Crippen molar-refractivity contribution in [3.63, 3.8) is 0 Å². The van der Waals surface area contributed by atoms with E-state index < -0.39 is 11.9 Å². The first kappa shape index (κ1) is 16.2. The number of nitrogens with two attached hydrogens (primary N) is 1. The maximum atomic E-state index is 12.0. The molecular weight excluding hydrogens is 252 g/mol. The Morgan fingerprint density at radius 1 is 1.10 bits per heavy atom. The minimum absolute atomic E-state index is 0.187. The molecule has 0 radical (unpaired) electrons. The van der Waals surface area contributed by atoms with Gasteiger partial charge in [0.05, 0.1) is 5.92 Å². The largest absolute Gasteiger partial charge is 0.368 e. The second-order valence-electron chi connectivity index (χ2n) is 5.69. The summed E-state index contributed by atoms with van der Waals surface area (Å²) >= 11 is 0. The summed E-state index contributed by atoms with van der Waals surface area (Å²) in [6, 6.07) is 7.39. The van der Waals surface area contributed by atoms with Gasteiger partial charge in [-0.15, -0.1) is 0 Å². The molecule has 0 spiro atoms. The van der Waals surface area contributed by atoms with Gasteiger partial charge in [-0.25, -0.2) is 0 Å². The van der Waals surface area contributed by atoms with Gasteiger partial charge in [0.25, 0.3) is 0 Å². The molecule has 0 unspecified atom stereocenters. The molecular formula is C16H24N2O2. The summed E-state index contributed by atoms with van der Waals surface area (Å²) < 4.78 is 0. The van der Waals surface area contributed by atoms with Crippen LogP contribution in [-0.2, 0) is 16.0 Å². The van der Waals surface area contributed by atoms with E-state index in [1.165, 1.54) is 5.56 Å². The number of hydrogen-bond donors (Lipinski definition) is 2. The molecule has 0 saturated heterocycles. The second-order valence-corrected chi connectivity index (χ2v) is 5.69. The summed E-state index contributed by atoms with van der Waals surface area (Å²) in [6.07, 6.45) is 1.03. The van der Waals surface area contributed by atoms with Crippen LogP contribution in [0, 0.1) is 5.92 Å². The van der Waals surface area contributed by atoms with E-state index in [4.69, 9.17) is 5.73 Å². The minimum Gasteiger partial charge on any atom is -0.368 e. The molecule has 2 atom stereocenters. The van der Waals surface area contributed by atoms with Crippen molar-refractivity contribution in [2.45, 2.75) is 46.1 Å². The molecule has 3 N–H and O–H groups in total. The van der Waals surface area contributed by atoms with E-state index in [2.05, 4.69) is 31.3 Å². The van der Waals surface area contributed by atoms with Gasteiger partial charge in [-0.2, -0.15) is 0 Å². The van der Waals surface area contributed by atoms with Crippen LogP contribution in [-0.4, -0.2) is 17.9 Å². The van der Waals surface area contributed by atoms with Crippen molar-refractivity contribution >= 4 is 11.8 Å². The van der Waals surface area contributed by atoms with E-state index in [1.54, 1.807) is 6.92 Å². The summed E-state index contributed by atoms with van der Waals surface area (Å²) in [6.45, 7) is 7.75. The molecule has 0 aliphatic carbocycles. The monoisotopic (exact) mass is 276 g/mol. The Labute approximate surface area is 120 Å². The van der Waals surface area contributed by atoms with Crippen LogP contribution < -0.4 is 11.1 Å². The van der Waals surface area contributed by atoms with Crippen molar-refractivity contribution < 1.29 is 9.59 Å². The van der Waals surface area contributed by atoms with Crippen LogP contribution in [0.2, 0.25) is 0 Å². The normalized spacial score (nSPS) is 13.8. The maximum absolute atomic E-state index is 12.0. The molecule has 1 aromatic carbocycles. The first-order valence-electron chi connectivity index (χ1n) is 6.99. The standard InChI is InChI=1S/C16H24N2O2/c1-10(2)9-13-5-7-14(8-6-13)11(3)16(20)18-12(4)15(17)19/h5-8,10-12H,9H2,1-4H3,(H2,17,19)(H,18,20)/t11-,12-/m0/s1. The third kappa shape index (κ3) is 4.68. The van der Waals surface area contributed by atoms with Crippen LogP contribution in [0.1, 0.15) is 44.7 Å². The van der Waals surface area contributed by atoms with Crippen LogP contribution in [0.5, 0.6) is 0 Å². The lowest BCUT2D eigenvalue weighted by molar-refractivity contribution is -0.127. The van der Waals surface area contributed by atoms with Crippen LogP contribution in [0.3, 0.4) is 0 Å². The Hall–Kier alpha value is -1.84. The highest BCUT2D eigenvalue weighted by Crippen LogP contribution is 2.17. The molecule has 0 aromatic heterocycles. The number of carbonyl (C=O) groups is 2. The second kappa shape index (κ2) is 7.08. The fourth-order valence-electron chi connectivity index (χ4n) is 1.97. The van der Waals surface area contributed by atoms with Gasteiger partial charge in [-0.1, -0.05) is 38.1 Å². The van der Waals surface area contributed by atoms with Crippen LogP contribution in [0.4, 0.5) is 0 Å². The van der Waals surface area contributed by atoms with Crippen LogP contribution in [0.25, 0.3) is 0 Å². The zero-order valence-corrected chi connectivity index (χ0v) is 12.6. The molecule has 4 heteroatoms. The van der Waals surface area contributed by atoms with Crippen molar-refractivity contribution in [1.82, 2.24) is 5.32 Å². The molecule has 0 aliphatic heterocycles. The van der Waals surface area contributed by atoms with E-state index in [0.29, 0.717) is 5.92 Å². The first-order valence-corrected chi connectivity index (χ1v) is 6.99. The van der Waals surface area contributed by atoms with Gasteiger partial charge in [0.1, 0.15) is 6.04 Å². The van der Waals surface area contributed by atoms with Crippen LogP contribution >= 0.6 is 0 Å². The minimum atomic E-state index is -0.648. The smallest absolute Gasteiger partial charge is 0.239 e. The van der Waals surface area contributed by atoms with Crippen molar-refractivity contribution in [2.75, 3.05) is 0 Å². The Morgan fingerprint density at radius 2 is 1.65 bits per heavy atom. The highest BCUT2D eigenvalue weighted by Gasteiger charge is 2.19. The molecule has 2 amide bonds. The fraction of sp³-hybridized carbons (Fsp3) is 0.500. The van der Waals surface area contributed by atoms with Crippen molar-refractivity contribution in [3.05, 3.63) is 35.4 Å². The Balaban J connectivity index is 2.69. The number of benzene rings is 1. The number of primary amides is 1. The van der Waals surface area contributed by atoms with E-state index in [-0.39, 0.29) is 11.8 Å². The van der Waals surface area contributed by atoms with E-state index in [9.17, 15) is 9.59 Å². The lowest BCUT2D eigenvalue weighted by atomic mass is 9.96. The molecule has 20 heavy (non-hydrogen) atoms. The van der Waals surface area contributed by atoms with E-state index in [0.717, 1.165) is 12.0 Å². The summed E-state index contributed by atoms with van der Waals surface area (Å²) in [7, 11) is 0. The lowest BCUT2D eigenvalue weighted by Crippen LogP contribution is -2.43. The molecule has 0 saturated carbocycles. The Bertz CT molecular complexity index is 466. The van der Waals surface area contributed by atoms with Crippen molar-refractivity contribution in [3.8, 4) is 0 Å². The molecule has 0 heterocycles. The molecule has 1 rings (SSSR count). The lowest BCUT2D eigenvalue weighted by Gasteiger charge is -2.16. The number of nitrogens with one attached hydrogen (secondary N) is 1. The third-order valence-corrected chi connectivity index (χ3v) is 3.30. The van der Waals surface area contributed by atoms with Crippen LogP contribution in [0.15, 0.2) is 24.3 Å². The third-order valence-electron chi connectivity index (χ3n) is 3.30. The summed E-state index contributed by atoms with van der Waals surface area (Å²) in [5.41, 5.74) is 7.34. The van der Waals surface area contributed by atoms with Gasteiger partial charge in [0.2, 0.25) is 11.8 Å². The average molecular weight is 276 g/mol. The number of amides is 2. The molecule has 0 bridgehead atoms.